The Hall–Kier alpha value is -1.30. The molecule has 0 saturated carbocycles. The van der Waals surface area contributed by atoms with Crippen molar-refractivity contribution in [1.29, 1.82) is 0 Å². The van der Waals surface area contributed by atoms with E-state index >= 15 is 0 Å². The molecule has 2 amide bonds. The van der Waals surface area contributed by atoms with Crippen molar-refractivity contribution in [3.05, 3.63) is 0 Å². The summed E-state index contributed by atoms with van der Waals surface area (Å²) in [5.74, 6) is -1.03. The molecule has 1 heterocycles. The van der Waals surface area contributed by atoms with Crippen molar-refractivity contribution in [3.63, 3.8) is 0 Å². The molecule has 0 aliphatic carbocycles. The van der Waals surface area contributed by atoms with Crippen LogP contribution in [-0.2, 0) is 9.53 Å². The van der Waals surface area contributed by atoms with E-state index < -0.39 is 17.5 Å². The highest BCUT2D eigenvalue weighted by molar-refractivity contribution is 5.85. The number of aliphatic carboxylic acids is 1. The van der Waals surface area contributed by atoms with Crippen LogP contribution in [0.1, 0.15) is 39.5 Å². The largest absolute Gasteiger partial charge is 0.480 e. The van der Waals surface area contributed by atoms with E-state index in [-0.39, 0.29) is 6.10 Å². The molecule has 1 fully saturated rings. The Morgan fingerprint density at radius 2 is 2.22 bits per heavy atom. The van der Waals surface area contributed by atoms with E-state index in [2.05, 4.69) is 10.6 Å². The Labute approximate surface area is 107 Å². The molecule has 104 valence electrons. The molecule has 0 aromatic heterocycles. The summed E-state index contributed by atoms with van der Waals surface area (Å²) in [7, 11) is 0. The topological polar surface area (TPSA) is 87.7 Å². The third-order valence-electron chi connectivity index (χ3n) is 3.34. The Balaban J connectivity index is 2.25. The van der Waals surface area contributed by atoms with Crippen LogP contribution in [-0.4, -0.2) is 41.9 Å². The zero-order valence-electron chi connectivity index (χ0n) is 11.0. The molecule has 6 heteroatoms. The summed E-state index contributed by atoms with van der Waals surface area (Å²) < 4.78 is 5.43. The lowest BCUT2D eigenvalue weighted by atomic mass is 10.00. The molecule has 2 unspecified atom stereocenters. The second-order valence-electron chi connectivity index (χ2n) is 4.80. The van der Waals surface area contributed by atoms with Gasteiger partial charge in [-0.2, -0.15) is 0 Å². The van der Waals surface area contributed by atoms with Crippen molar-refractivity contribution in [2.24, 2.45) is 0 Å². The van der Waals surface area contributed by atoms with Crippen molar-refractivity contribution in [2.75, 3.05) is 13.2 Å². The first kappa shape index (κ1) is 14.8. The summed E-state index contributed by atoms with van der Waals surface area (Å²) >= 11 is 0. The monoisotopic (exact) mass is 258 g/mol. The quantitative estimate of drug-likeness (QED) is 0.666. The number of carbonyl (C=O) groups excluding carboxylic acids is 1. The standard InChI is InChI=1S/C12H22N2O4/c1-3-12(2,10(15)16)14-11(17)13-7-6-9-5-4-8-18-9/h9H,3-8H2,1-2H3,(H,15,16)(H2,13,14,17). The van der Waals surface area contributed by atoms with Crippen LogP contribution >= 0.6 is 0 Å². The van der Waals surface area contributed by atoms with E-state index in [0.29, 0.717) is 13.0 Å². The fraction of sp³-hybridized carbons (Fsp3) is 0.833. The number of carboxylic acids is 1. The van der Waals surface area contributed by atoms with Gasteiger partial charge in [-0.15, -0.1) is 0 Å². The zero-order valence-corrected chi connectivity index (χ0v) is 11.0. The minimum Gasteiger partial charge on any atom is -0.480 e. The molecule has 0 radical (unpaired) electrons. The lowest BCUT2D eigenvalue weighted by Gasteiger charge is -2.24. The Kier molecular flexibility index (Phi) is 5.40. The Morgan fingerprint density at radius 3 is 2.72 bits per heavy atom. The van der Waals surface area contributed by atoms with Crippen LogP contribution < -0.4 is 10.6 Å². The van der Waals surface area contributed by atoms with Crippen LogP contribution in [0.3, 0.4) is 0 Å². The number of ether oxygens (including phenoxy) is 1. The lowest BCUT2D eigenvalue weighted by Crippen LogP contribution is -2.55. The summed E-state index contributed by atoms with van der Waals surface area (Å²) in [6.07, 6.45) is 3.43. The molecular weight excluding hydrogens is 236 g/mol. The highest BCUT2D eigenvalue weighted by atomic mass is 16.5. The van der Waals surface area contributed by atoms with Gasteiger partial charge in [-0.1, -0.05) is 6.92 Å². The molecule has 18 heavy (non-hydrogen) atoms. The normalized spacial score (nSPS) is 22.2. The summed E-state index contributed by atoms with van der Waals surface area (Å²) in [4.78, 5) is 22.6. The van der Waals surface area contributed by atoms with E-state index in [9.17, 15) is 9.59 Å². The molecule has 6 nitrogen and oxygen atoms in total. The molecule has 1 aliphatic rings. The van der Waals surface area contributed by atoms with Crippen LogP contribution in [0.15, 0.2) is 0 Å². The van der Waals surface area contributed by atoms with Gasteiger partial charge in [0.25, 0.3) is 0 Å². The molecule has 1 aliphatic heterocycles. The highest BCUT2D eigenvalue weighted by Crippen LogP contribution is 2.14. The van der Waals surface area contributed by atoms with Crippen molar-refractivity contribution in [3.8, 4) is 0 Å². The van der Waals surface area contributed by atoms with Crippen molar-refractivity contribution >= 4 is 12.0 Å². The average molecular weight is 258 g/mol. The zero-order chi connectivity index (χ0) is 13.6. The maximum atomic E-state index is 11.6. The first-order valence-corrected chi connectivity index (χ1v) is 6.39. The number of carboxylic acid groups (broad SMARTS) is 1. The fourth-order valence-corrected chi connectivity index (χ4v) is 1.81. The fourth-order valence-electron chi connectivity index (χ4n) is 1.81. The van der Waals surface area contributed by atoms with Gasteiger partial charge in [0.05, 0.1) is 6.10 Å². The minimum absolute atomic E-state index is 0.224. The number of hydrogen-bond acceptors (Lipinski definition) is 3. The van der Waals surface area contributed by atoms with Crippen LogP contribution in [0.25, 0.3) is 0 Å². The van der Waals surface area contributed by atoms with Gasteiger partial charge in [0.2, 0.25) is 0 Å². The van der Waals surface area contributed by atoms with E-state index in [0.717, 1.165) is 25.9 Å². The SMILES string of the molecule is CCC(C)(NC(=O)NCCC1CCCO1)C(=O)O. The second-order valence-corrected chi connectivity index (χ2v) is 4.80. The highest BCUT2D eigenvalue weighted by Gasteiger charge is 2.32. The summed E-state index contributed by atoms with van der Waals surface area (Å²) in [6.45, 7) is 4.51. The van der Waals surface area contributed by atoms with Gasteiger partial charge in [0, 0.05) is 13.2 Å². The van der Waals surface area contributed by atoms with Crippen LogP contribution in [0.4, 0.5) is 4.79 Å². The molecule has 0 aromatic rings. The molecule has 1 rings (SSSR count). The number of carbonyl (C=O) groups is 2. The maximum Gasteiger partial charge on any atom is 0.329 e. The number of nitrogens with one attached hydrogen (secondary N) is 2. The smallest absolute Gasteiger partial charge is 0.329 e. The first-order chi connectivity index (χ1) is 8.48. The van der Waals surface area contributed by atoms with E-state index in [1.165, 1.54) is 6.92 Å². The maximum absolute atomic E-state index is 11.6. The van der Waals surface area contributed by atoms with E-state index in [4.69, 9.17) is 9.84 Å². The van der Waals surface area contributed by atoms with Crippen LogP contribution in [0.2, 0.25) is 0 Å². The number of hydrogen-bond donors (Lipinski definition) is 3. The van der Waals surface area contributed by atoms with Gasteiger partial charge in [0.15, 0.2) is 0 Å². The molecule has 0 aromatic carbocycles. The number of urea groups is 1. The van der Waals surface area contributed by atoms with E-state index in [1.54, 1.807) is 6.92 Å². The lowest BCUT2D eigenvalue weighted by molar-refractivity contribution is -0.143. The van der Waals surface area contributed by atoms with Crippen molar-refractivity contribution < 1.29 is 19.4 Å². The van der Waals surface area contributed by atoms with Crippen LogP contribution in [0.5, 0.6) is 0 Å². The molecular formula is C12H22N2O4. The molecule has 3 N–H and O–H groups in total. The third kappa shape index (κ3) is 4.18. The molecule has 0 spiro atoms. The van der Waals surface area contributed by atoms with Gasteiger partial charge >= 0.3 is 12.0 Å². The predicted molar refractivity (Wildman–Crippen MR) is 66.5 cm³/mol. The number of amides is 2. The van der Waals surface area contributed by atoms with E-state index in [1.807, 2.05) is 0 Å². The molecule has 1 saturated heterocycles. The molecule has 2 atom stereocenters. The first-order valence-electron chi connectivity index (χ1n) is 6.39. The van der Waals surface area contributed by atoms with Gasteiger partial charge in [-0.25, -0.2) is 9.59 Å². The van der Waals surface area contributed by atoms with Crippen molar-refractivity contribution in [2.45, 2.75) is 51.2 Å². The average Bonchev–Trinajstić information content (AvgIpc) is 2.81. The van der Waals surface area contributed by atoms with Gasteiger partial charge in [-0.3, -0.25) is 0 Å². The predicted octanol–water partition coefficient (Wildman–Crippen LogP) is 1.11. The Bertz CT molecular complexity index is 302. The van der Waals surface area contributed by atoms with Crippen molar-refractivity contribution in [1.82, 2.24) is 10.6 Å². The summed E-state index contributed by atoms with van der Waals surface area (Å²) in [5, 5.41) is 14.2. The van der Waals surface area contributed by atoms with Gasteiger partial charge in [0.1, 0.15) is 5.54 Å². The van der Waals surface area contributed by atoms with Crippen LogP contribution in [0, 0.1) is 0 Å². The molecule has 0 bridgehead atoms. The minimum atomic E-state index is -1.21. The Morgan fingerprint density at radius 1 is 1.50 bits per heavy atom. The number of rotatable bonds is 6. The second kappa shape index (κ2) is 6.58. The van der Waals surface area contributed by atoms with Gasteiger partial charge < -0.3 is 20.5 Å². The van der Waals surface area contributed by atoms with Gasteiger partial charge in [-0.05, 0) is 32.6 Å². The third-order valence-corrected chi connectivity index (χ3v) is 3.34. The summed E-state index contributed by atoms with van der Waals surface area (Å²) in [6, 6.07) is -0.445. The summed E-state index contributed by atoms with van der Waals surface area (Å²) in [5.41, 5.74) is -1.21.